The Hall–Kier alpha value is -1.44. The van der Waals surface area contributed by atoms with Crippen LogP contribution in [0.5, 0.6) is 0 Å². The predicted octanol–water partition coefficient (Wildman–Crippen LogP) is 0.921. The molecule has 0 aliphatic carbocycles. The number of benzene rings is 1. The van der Waals surface area contributed by atoms with Gasteiger partial charge in [-0.2, -0.15) is 0 Å². The first kappa shape index (κ1) is 15.9. The molecule has 0 radical (unpaired) electrons. The second-order valence-electron chi connectivity index (χ2n) is 5.27. The first-order valence-electron chi connectivity index (χ1n) is 7.01. The molecule has 0 aromatic heterocycles. The van der Waals surface area contributed by atoms with E-state index in [-0.39, 0.29) is 16.7 Å². The minimum absolute atomic E-state index is 0.0860. The van der Waals surface area contributed by atoms with Crippen LogP contribution in [-0.2, 0) is 14.8 Å². The van der Waals surface area contributed by atoms with E-state index >= 15 is 0 Å². The Morgan fingerprint density at radius 1 is 1.33 bits per heavy atom. The van der Waals surface area contributed by atoms with Crippen LogP contribution in [0.3, 0.4) is 0 Å². The maximum atomic E-state index is 12.3. The molecule has 1 heterocycles. The van der Waals surface area contributed by atoms with Crippen LogP contribution in [0.1, 0.15) is 19.8 Å². The second-order valence-corrected chi connectivity index (χ2v) is 7.12. The lowest BCUT2D eigenvalue weighted by atomic mass is 9.92. The quantitative estimate of drug-likeness (QED) is 0.772. The monoisotopic (exact) mass is 311 g/mol. The number of piperidine rings is 1. The number of carbonyl (C=O) groups excluding carboxylic acids is 1. The molecule has 0 bridgehead atoms. The van der Waals surface area contributed by atoms with Gasteiger partial charge in [-0.15, -0.1) is 0 Å². The second kappa shape index (κ2) is 6.55. The van der Waals surface area contributed by atoms with Crippen molar-refractivity contribution < 1.29 is 13.2 Å². The molecular formula is C14H21N3O3S. The van der Waals surface area contributed by atoms with E-state index in [4.69, 9.17) is 0 Å². The van der Waals surface area contributed by atoms with Gasteiger partial charge < -0.3 is 10.6 Å². The molecule has 1 aromatic rings. The number of sulfonamides is 1. The summed E-state index contributed by atoms with van der Waals surface area (Å²) in [6.07, 6.45) is 1.52. The first-order chi connectivity index (χ1) is 9.94. The molecule has 3 N–H and O–H groups in total. The van der Waals surface area contributed by atoms with E-state index in [2.05, 4.69) is 15.4 Å². The maximum Gasteiger partial charge on any atom is 0.242 e. The molecule has 2 rings (SSSR count). The Bertz CT molecular complexity index is 616. The highest BCUT2D eigenvalue weighted by Gasteiger charge is 2.26. The number of nitrogens with one attached hydrogen (secondary N) is 3. The topological polar surface area (TPSA) is 87.3 Å². The van der Waals surface area contributed by atoms with Gasteiger partial charge in [-0.3, -0.25) is 4.79 Å². The molecule has 1 fully saturated rings. The average molecular weight is 311 g/mol. The lowest BCUT2D eigenvalue weighted by Crippen LogP contribution is -2.40. The smallest absolute Gasteiger partial charge is 0.242 e. The molecule has 21 heavy (non-hydrogen) atoms. The molecular weight excluding hydrogens is 290 g/mol. The highest BCUT2D eigenvalue weighted by atomic mass is 32.2. The van der Waals surface area contributed by atoms with E-state index in [1.165, 1.54) is 13.1 Å². The number of rotatable bonds is 4. The predicted molar refractivity (Wildman–Crippen MR) is 81.5 cm³/mol. The van der Waals surface area contributed by atoms with Gasteiger partial charge >= 0.3 is 0 Å². The molecule has 6 nitrogen and oxygen atoms in total. The molecule has 2 unspecified atom stereocenters. The fourth-order valence-electron chi connectivity index (χ4n) is 2.52. The van der Waals surface area contributed by atoms with Crippen molar-refractivity contribution in [2.45, 2.75) is 30.7 Å². The minimum Gasteiger partial charge on any atom is -0.325 e. The van der Waals surface area contributed by atoms with Gasteiger partial charge in [0.15, 0.2) is 0 Å². The van der Waals surface area contributed by atoms with Crippen molar-refractivity contribution in [2.75, 3.05) is 18.9 Å². The van der Waals surface area contributed by atoms with Crippen LogP contribution in [0.4, 0.5) is 5.69 Å². The van der Waals surface area contributed by atoms with Gasteiger partial charge in [0.25, 0.3) is 0 Å². The highest BCUT2D eigenvalue weighted by molar-refractivity contribution is 7.89. The summed E-state index contributed by atoms with van der Waals surface area (Å²) in [5.74, 6) is -0.214. The summed E-state index contributed by atoms with van der Waals surface area (Å²) < 4.78 is 26.2. The maximum absolute atomic E-state index is 12.3. The van der Waals surface area contributed by atoms with E-state index in [9.17, 15) is 13.2 Å². The first-order valence-corrected chi connectivity index (χ1v) is 8.49. The summed E-state index contributed by atoms with van der Waals surface area (Å²) in [5.41, 5.74) is 0.322. The van der Waals surface area contributed by atoms with Crippen LogP contribution >= 0.6 is 0 Å². The van der Waals surface area contributed by atoms with Crippen LogP contribution < -0.4 is 15.4 Å². The molecule has 1 aliphatic heterocycles. The van der Waals surface area contributed by atoms with Gasteiger partial charge in [0, 0.05) is 12.0 Å². The molecule has 1 aliphatic rings. The zero-order valence-electron chi connectivity index (χ0n) is 12.2. The van der Waals surface area contributed by atoms with Crippen molar-refractivity contribution >= 4 is 21.6 Å². The normalized spacial score (nSPS) is 22.8. The Morgan fingerprint density at radius 2 is 2.05 bits per heavy atom. The highest BCUT2D eigenvalue weighted by Crippen LogP contribution is 2.23. The van der Waals surface area contributed by atoms with Crippen molar-refractivity contribution in [3.8, 4) is 0 Å². The average Bonchev–Trinajstić information content (AvgIpc) is 2.47. The summed E-state index contributed by atoms with van der Waals surface area (Å²) in [6.45, 7) is 2.84. The summed E-state index contributed by atoms with van der Waals surface area (Å²) in [4.78, 5) is 12.4. The molecule has 116 valence electrons. The molecule has 0 saturated carbocycles. The van der Waals surface area contributed by atoms with Gasteiger partial charge in [0.1, 0.15) is 4.90 Å². The third-order valence-corrected chi connectivity index (χ3v) is 5.17. The van der Waals surface area contributed by atoms with E-state index in [0.717, 1.165) is 19.4 Å². The van der Waals surface area contributed by atoms with E-state index in [0.29, 0.717) is 11.7 Å². The van der Waals surface area contributed by atoms with Crippen LogP contribution in [0.25, 0.3) is 0 Å². The van der Waals surface area contributed by atoms with Crippen molar-refractivity contribution in [3.05, 3.63) is 24.3 Å². The summed E-state index contributed by atoms with van der Waals surface area (Å²) >= 11 is 0. The summed E-state index contributed by atoms with van der Waals surface area (Å²) in [6, 6.07) is 6.71. The fourth-order valence-corrected chi connectivity index (χ4v) is 3.41. The van der Waals surface area contributed by atoms with Gasteiger partial charge in [0.2, 0.25) is 15.9 Å². The number of hydrogen-bond donors (Lipinski definition) is 3. The van der Waals surface area contributed by atoms with Crippen LogP contribution in [0.15, 0.2) is 29.2 Å². The molecule has 1 aromatic carbocycles. The van der Waals surface area contributed by atoms with E-state index in [1.54, 1.807) is 18.2 Å². The lowest BCUT2D eigenvalue weighted by molar-refractivity contribution is -0.120. The van der Waals surface area contributed by atoms with Gasteiger partial charge in [-0.1, -0.05) is 12.1 Å². The Balaban J connectivity index is 2.18. The van der Waals surface area contributed by atoms with Crippen LogP contribution in [0, 0.1) is 5.92 Å². The van der Waals surface area contributed by atoms with Crippen molar-refractivity contribution in [1.82, 2.24) is 10.0 Å². The van der Waals surface area contributed by atoms with Crippen LogP contribution in [-0.4, -0.2) is 34.0 Å². The number of anilines is 1. The van der Waals surface area contributed by atoms with E-state index < -0.39 is 10.0 Å². The number of amides is 1. The SMILES string of the molecule is CNS(=O)(=O)c1ccccc1NC(=O)C1CCNC(C)C1. The van der Waals surface area contributed by atoms with Crippen molar-refractivity contribution in [2.24, 2.45) is 5.92 Å². The van der Waals surface area contributed by atoms with Gasteiger partial charge in [-0.05, 0) is 45.5 Å². The fraction of sp³-hybridized carbons (Fsp3) is 0.500. The standard InChI is InChI=1S/C14H21N3O3S/c1-10-9-11(7-8-16-10)14(18)17-12-5-3-4-6-13(12)21(19,20)15-2/h3-6,10-11,15-16H,7-9H2,1-2H3,(H,17,18). The summed E-state index contributed by atoms with van der Waals surface area (Å²) in [5, 5.41) is 6.04. The number of para-hydroxylation sites is 1. The Morgan fingerprint density at radius 3 is 2.71 bits per heavy atom. The van der Waals surface area contributed by atoms with Gasteiger partial charge in [-0.25, -0.2) is 13.1 Å². The zero-order chi connectivity index (χ0) is 15.5. The van der Waals surface area contributed by atoms with Crippen LogP contribution in [0.2, 0.25) is 0 Å². The minimum atomic E-state index is -3.59. The molecule has 1 saturated heterocycles. The third-order valence-electron chi connectivity index (χ3n) is 3.70. The number of hydrogen-bond acceptors (Lipinski definition) is 4. The molecule has 7 heteroatoms. The molecule has 1 amide bonds. The molecule has 2 atom stereocenters. The largest absolute Gasteiger partial charge is 0.325 e. The van der Waals surface area contributed by atoms with Crippen molar-refractivity contribution in [1.29, 1.82) is 0 Å². The lowest BCUT2D eigenvalue weighted by Gasteiger charge is -2.27. The van der Waals surface area contributed by atoms with E-state index in [1.807, 2.05) is 6.92 Å². The number of carbonyl (C=O) groups is 1. The molecule has 0 spiro atoms. The summed E-state index contributed by atoms with van der Waals surface area (Å²) in [7, 11) is -2.24. The van der Waals surface area contributed by atoms with Gasteiger partial charge in [0.05, 0.1) is 5.69 Å². The Kier molecular flexibility index (Phi) is 4.97. The third kappa shape index (κ3) is 3.81. The van der Waals surface area contributed by atoms with Crippen molar-refractivity contribution in [3.63, 3.8) is 0 Å². The Labute approximate surface area is 125 Å². The zero-order valence-corrected chi connectivity index (χ0v) is 13.0.